The van der Waals surface area contributed by atoms with Crippen molar-refractivity contribution in [1.82, 2.24) is 4.90 Å². The largest absolute Gasteiger partial charge is 0.494 e. The van der Waals surface area contributed by atoms with Gasteiger partial charge in [0.05, 0.1) is 34.1 Å². The predicted octanol–water partition coefficient (Wildman–Crippen LogP) is 3.50. The number of ether oxygens (including phenoxy) is 1. The van der Waals surface area contributed by atoms with Gasteiger partial charge in [0.15, 0.2) is 0 Å². The Kier molecular flexibility index (Phi) is 6.29. The SMILES string of the molecule is COc1cc([N+](=O)[O-])ccc1NC(=O)CN(C)Cc1ccc(Br)s1. The van der Waals surface area contributed by atoms with Gasteiger partial charge in [0.25, 0.3) is 5.69 Å². The van der Waals surface area contributed by atoms with Crippen molar-refractivity contribution in [1.29, 1.82) is 0 Å². The summed E-state index contributed by atoms with van der Waals surface area (Å²) in [5.41, 5.74) is 0.311. The van der Waals surface area contributed by atoms with Crippen molar-refractivity contribution < 1.29 is 14.5 Å². The molecule has 0 spiro atoms. The number of methoxy groups -OCH3 is 1. The van der Waals surface area contributed by atoms with E-state index in [1.54, 1.807) is 11.3 Å². The van der Waals surface area contributed by atoms with Gasteiger partial charge >= 0.3 is 0 Å². The molecule has 0 atom stereocenters. The van der Waals surface area contributed by atoms with Gasteiger partial charge in [-0.25, -0.2) is 0 Å². The van der Waals surface area contributed by atoms with Gasteiger partial charge in [0, 0.05) is 17.5 Å². The van der Waals surface area contributed by atoms with Crippen LogP contribution in [0.5, 0.6) is 5.75 Å². The van der Waals surface area contributed by atoms with E-state index in [1.807, 2.05) is 24.1 Å². The zero-order chi connectivity index (χ0) is 17.7. The highest BCUT2D eigenvalue weighted by molar-refractivity contribution is 9.11. The monoisotopic (exact) mass is 413 g/mol. The summed E-state index contributed by atoms with van der Waals surface area (Å²) in [6.07, 6.45) is 0. The number of carbonyl (C=O) groups is 1. The van der Waals surface area contributed by atoms with Gasteiger partial charge in [0.2, 0.25) is 5.91 Å². The van der Waals surface area contributed by atoms with Crippen LogP contribution in [0.3, 0.4) is 0 Å². The second kappa shape index (κ2) is 8.22. The third kappa shape index (κ3) is 5.02. The molecule has 24 heavy (non-hydrogen) atoms. The van der Waals surface area contributed by atoms with Crippen LogP contribution >= 0.6 is 27.3 Å². The van der Waals surface area contributed by atoms with Crippen LogP contribution in [-0.4, -0.2) is 36.4 Å². The maximum atomic E-state index is 12.2. The number of non-ortho nitro benzene ring substituents is 1. The lowest BCUT2D eigenvalue weighted by Gasteiger charge is -2.16. The Bertz CT molecular complexity index is 750. The van der Waals surface area contributed by atoms with Crippen LogP contribution in [0.2, 0.25) is 0 Å². The van der Waals surface area contributed by atoms with Crippen molar-refractivity contribution in [3.8, 4) is 5.75 Å². The molecular formula is C15H16BrN3O4S. The molecule has 7 nitrogen and oxygen atoms in total. The number of rotatable bonds is 7. The number of hydrogen-bond acceptors (Lipinski definition) is 6. The maximum Gasteiger partial charge on any atom is 0.273 e. The highest BCUT2D eigenvalue weighted by atomic mass is 79.9. The van der Waals surface area contributed by atoms with E-state index in [9.17, 15) is 14.9 Å². The summed E-state index contributed by atoms with van der Waals surface area (Å²) in [6, 6.07) is 8.04. The first kappa shape index (κ1) is 18.4. The van der Waals surface area contributed by atoms with Crippen molar-refractivity contribution in [2.24, 2.45) is 0 Å². The lowest BCUT2D eigenvalue weighted by molar-refractivity contribution is -0.384. The number of amides is 1. The number of nitro benzene ring substituents is 1. The average Bonchev–Trinajstić information content (AvgIpc) is 2.92. The molecule has 128 valence electrons. The van der Waals surface area contributed by atoms with Gasteiger partial charge in [-0.2, -0.15) is 0 Å². The van der Waals surface area contributed by atoms with Gasteiger partial charge in [-0.1, -0.05) is 0 Å². The number of benzene rings is 1. The molecule has 0 fully saturated rings. The van der Waals surface area contributed by atoms with Crippen LogP contribution in [0.4, 0.5) is 11.4 Å². The molecule has 0 aliphatic heterocycles. The van der Waals surface area contributed by atoms with Gasteiger partial charge in [-0.15, -0.1) is 11.3 Å². The lowest BCUT2D eigenvalue weighted by Crippen LogP contribution is -2.29. The van der Waals surface area contributed by atoms with E-state index < -0.39 is 4.92 Å². The van der Waals surface area contributed by atoms with E-state index in [-0.39, 0.29) is 23.9 Å². The summed E-state index contributed by atoms with van der Waals surface area (Å²) in [4.78, 5) is 25.4. The number of nitrogens with zero attached hydrogens (tertiary/aromatic N) is 2. The van der Waals surface area contributed by atoms with Gasteiger partial charge in [0.1, 0.15) is 5.75 Å². The van der Waals surface area contributed by atoms with Gasteiger partial charge in [-0.05, 0) is 41.2 Å². The fraction of sp³-hybridized carbons (Fsp3) is 0.267. The molecule has 9 heteroatoms. The highest BCUT2D eigenvalue weighted by Crippen LogP contribution is 2.29. The zero-order valence-electron chi connectivity index (χ0n) is 13.1. The molecule has 2 rings (SSSR count). The van der Waals surface area contributed by atoms with Crippen molar-refractivity contribution in [2.45, 2.75) is 6.54 Å². The topological polar surface area (TPSA) is 84.7 Å². The number of likely N-dealkylation sites (N-methyl/N-ethyl adjacent to an activating group) is 1. The standard InChI is InChI=1S/C15H16BrN3O4S/c1-18(8-11-4-6-14(16)24-11)9-15(20)17-12-5-3-10(19(21)22)7-13(12)23-2/h3-7H,8-9H2,1-2H3,(H,17,20). The Balaban J connectivity index is 1.97. The first-order chi connectivity index (χ1) is 11.4. The number of nitrogens with one attached hydrogen (secondary N) is 1. The zero-order valence-corrected chi connectivity index (χ0v) is 15.5. The molecule has 0 unspecified atom stereocenters. The third-order valence-electron chi connectivity index (χ3n) is 3.14. The van der Waals surface area contributed by atoms with E-state index in [1.165, 1.54) is 25.3 Å². The second-order valence-corrected chi connectivity index (χ2v) is 7.62. The quantitative estimate of drug-likeness (QED) is 0.554. The minimum atomic E-state index is -0.513. The Morgan fingerprint density at radius 3 is 2.75 bits per heavy atom. The number of carbonyl (C=O) groups excluding carboxylic acids is 1. The van der Waals surface area contributed by atoms with E-state index in [2.05, 4.69) is 21.2 Å². The molecule has 2 aromatic rings. The third-order valence-corrected chi connectivity index (χ3v) is 4.75. The smallest absolute Gasteiger partial charge is 0.273 e. The second-order valence-electron chi connectivity index (χ2n) is 5.07. The first-order valence-electron chi connectivity index (χ1n) is 6.94. The molecule has 1 heterocycles. The number of anilines is 1. The van der Waals surface area contributed by atoms with Crippen molar-refractivity contribution >= 4 is 44.5 Å². The fourth-order valence-electron chi connectivity index (χ4n) is 2.09. The number of hydrogen-bond donors (Lipinski definition) is 1. The lowest BCUT2D eigenvalue weighted by atomic mass is 10.2. The first-order valence-corrected chi connectivity index (χ1v) is 8.55. The van der Waals surface area contributed by atoms with Crippen LogP contribution in [-0.2, 0) is 11.3 Å². The Morgan fingerprint density at radius 2 is 2.17 bits per heavy atom. The van der Waals surface area contributed by atoms with E-state index in [0.717, 1.165) is 8.66 Å². The number of nitro groups is 1. The van der Waals surface area contributed by atoms with E-state index >= 15 is 0 Å². The summed E-state index contributed by atoms with van der Waals surface area (Å²) >= 11 is 5.02. The Labute approximate surface area is 151 Å². The molecule has 1 N–H and O–H groups in total. The molecule has 0 saturated heterocycles. The van der Waals surface area contributed by atoms with Crippen LogP contribution in [0.15, 0.2) is 34.1 Å². The molecule has 0 aliphatic rings. The highest BCUT2D eigenvalue weighted by Gasteiger charge is 2.14. The van der Waals surface area contributed by atoms with Crippen molar-refractivity contribution in [2.75, 3.05) is 26.0 Å². The molecule has 1 aromatic heterocycles. The minimum Gasteiger partial charge on any atom is -0.494 e. The normalized spacial score (nSPS) is 10.7. The summed E-state index contributed by atoms with van der Waals surface area (Å²) in [5.74, 6) is 0.0302. The molecule has 0 radical (unpaired) electrons. The van der Waals surface area contributed by atoms with E-state index in [0.29, 0.717) is 12.2 Å². The van der Waals surface area contributed by atoms with Gasteiger partial charge < -0.3 is 10.1 Å². The predicted molar refractivity (Wildman–Crippen MR) is 96.6 cm³/mol. The summed E-state index contributed by atoms with van der Waals surface area (Å²) in [6.45, 7) is 0.844. The van der Waals surface area contributed by atoms with Gasteiger partial charge in [-0.3, -0.25) is 19.8 Å². The Morgan fingerprint density at radius 1 is 1.42 bits per heavy atom. The maximum absolute atomic E-state index is 12.2. The molecule has 1 aromatic carbocycles. The number of halogens is 1. The van der Waals surface area contributed by atoms with Crippen molar-refractivity contribution in [3.63, 3.8) is 0 Å². The van der Waals surface area contributed by atoms with Crippen LogP contribution < -0.4 is 10.1 Å². The van der Waals surface area contributed by atoms with Crippen LogP contribution in [0, 0.1) is 10.1 Å². The minimum absolute atomic E-state index is 0.0924. The van der Waals surface area contributed by atoms with Crippen molar-refractivity contribution in [3.05, 3.63) is 49.1 Å². The molecule has 0 saturated carbocycles. The van der Waals surface area contributed by atoms with Crippen LogP contribution in [0.1, 0.15) is 4.88 Å². The summed E-state index contributed by atoms with van der Waals surface area (Å²) < 4.78 is 6.15. The summed E-state index contributed by atoms with van der Waals surface area (Å²) in [5, 5.41) is 13.5. The van der Waals surface area contributed by atoms with E-state index in [4.69, 9.17) is 4.74 Å². The molecule has 1 amide bonds. The number of thiophene rings is 1. The van der Waals surface area contributed by atoms with Crippen LogP contribution in [0.25, 0.3) is 0 Å². The average molecular weight is 414 g/mol. The molecule has 0 aliphatic carbocycles. The fourth-order valence-corrected chi connectivity index (χ4v) is 3.65. The Hall–Kier alpha value is -1.97. The summed E-state index contributed by atoms with van der Waals surface area (Å²) in [7, 11) is 3.25. The molecule has 0 bridgehead atoms. The molecular weight excluding hydrogens is 398 g/mol.